The van der Waals surface area contributed by atoms with Gasteiger partial charge in [-0.15, -0.1) is 0 Å². The van der Waals surface area contributed by atoms with Crippen molar-refractivity contribution in [1.29, 1.82) is 0 Å². The van der Waals surface area contributed by atoms with E-state index < -0.39 is 0 Å². The first-order chi connectivity index (χ1) is 10.3. The van der Waals surface area contributed by atoms with E-state index in [-0.39, 0.29) is 0 Å². The van der Waals surface area contributed by atoms with Gasteiger partial charge in [-0.1, -0.05) is 0 Å². The number of hydrogen-bond donors (Lipinski definition) is 0. The summed E-state index contributed by atoms with van der Waals surface area (Å²) in [6, 6.07) is 4.43. The molecule has 3 atom stereocenters. The minimum Gasteiger partial charge on any atom is -0.487 e. The highest BCUT2D eigenvalue weighted by Crippen LogP contribution is 2.40. The second kappa shape index (κ2) is 5.15. The quantitative estimate of drug-likeness (QED) is 0.859. The molecule has 0 spiro atoms. The molecule has 1 aliphatic carbocycles. The number of hydrogen-bond acceptors (Lipinski definition) is 4. The van der Waals surface area contributed by atoms with Crippen molar-refractivity contribution in [3.8, 4) is 5.75 Å². The number of piperidine rings is 1. The van der Waals surface area contributed by atoms with Gasteiger partial charge in [-0.25, -0.2) is 4.98 Å². The summed E-state index contributed by atoms with van der Waals surface area (Å²) in [5, 5.41) is 0. The molecule has 0 radical (unpaired) electrons. The Hall–Kier alpha value is -1.88. The van der Waals surface area contributed by atoms with Crippen LogP contribution in [0.25, 0.3) is 0 Å². The van der Waals surface area contributed by atoms with E-state index in [4.69, 9.17) is 4.74 Å². The summed E-state index contributed by atoms with van der Waals surface area (Å²) >= 11 is 0. The molecule has 1 aliphatic heterocycles. The summed E-state index contributed by atoms with van der Waals surface area (Å²) < 4.78 is 8.31. The maximum atomic E-state index is 6.21. The largest absolute Gasteiger partial charge is 0.487 e. The molecule has 4 rings (SSSR count). The summed E-state index contributed by atoms with van der Waals surface area (Å²) in [6.45, 7) is 2.03. The predicted molar refractivity (Wildman–Crippen MR) is 78.8 cm³/mol. The Morgan fingerprint density at radius 1 is 1.33 bits per heavy atom. The van der Waals surface area contributed by atoms with Crippen molar-refractivity contribution in [3.05, 3.63) is 42.7 Å². The van der Waals surface area contributed by atoms with Crippen LogP contribution in [0.15, 0.2) is 36.9 Å². The van der Waals surface area contributed by atoms with Crippen molar-refractivity contribution in [1.82, 2.24) is 19.4 Å². The number of fused-ring (bicyclic) bond motifs is 2. The lowest BCUT2D eigenvalue weighted by molar-refractivity contribution is 0.139. The summed E-state index contributed by atoms with van der Waals surface area (Å²) in [5.74, 6) is 2.65. The lowest BCUT2D eigenvalue weighted by Crippen LogP contribution is -2.36. The van der Waals surface area contributed by atoms with E-state index in [1.807, 2.05) is 24.5 Å². The zero-order valence-electron chi connectivity index (χ0n) is 12.2. The van der Waals surface area contributed by atoms with Crippen LogP contribution in [0, 0.1) is 5.92 Å². The van der Waals surface area contributed by atoms with Crippen LogP contribution in [0.4, 0.5) is 0 Å². The smallest absolute Gasteiger partial charge is 0.138 e. The van der Waals surface area contributed by atoms with Gasteiger partial charge in [-0.05, 0) is 25.0 Å². The first-order valence-electron chi connectivity index (χ1n) is 7.58. The van der Waals surface area contributed by atoms with E-state index in [0.29, 0.717) is 18.1 Å². The maximum Gasteiger partial charge on any atom is 0.138 e. The fourth-order valence-corrected chi connectivity index (χ4v) is 3.71. The number of ether oxygens (including phenoxy) is 1. The van der Waals surface area contributed by atoms with Crippen LogP contribution in [-0.2, 0) is 13.6 Å². The lowest BCUT2D eigenvalue weighted by Gasteiger charge is -2.26. The van der Waals surface area contributed by atoms with Crippen molar-refractivity contribution in [2.75, 3.05) is 6.54 Å². The SMILES string of the molecule is Cn1ccnc1CN1CC2CCC1C2Oc1cccnc1. The van der Waals surface area contributed by atoms with Crippen molar-refractivity contribution in [2.24, 2.45) is 13.0 Å². The van der Waals surface area contributed by atoms with Crippen LogP contribution in [0.2, 0.25) is 0 Å². The molecule has 3 unspecified atom stereocenters. The summed E-state index contributed by atoms with van der Waals surface area (Å²) in [7, 11) is 2.06. The van der Waals surface area contributed by atoms with Gasteiger partial charge in [0, 0.05) is 44.1 Å². The van der Waals surface area contributed by atoms with Crippen LogP contribution >= 0.6 is 0 Å². The molecule has 5 nitrogen and oxygen atoms in total. The Morgan fingerprint density at radius 3 is 3.05 bits per heavy atom. The number of likely N-dealkylation sites (tertiary alicyclic amines) is 1. The van der Waals surface area contributed by atoms with E-state index >= 15 is 0 Å². The molecule has 3 heterocycles. The molecule has 110 valence electrons. The van der Waals surface area contributed by atoms with E-state index in [9.17, 15) is 0 Å². The Morgan fingerprint density at radius 2 is 2.29 bits per heavy atom. The van der Waals surface area contributed by atoms with Gasteiger partial charge in [-0.2, -0.15) is 0 Å². The van der Waals surface area contributed by atoms with E-state index in [2.05, 4.69) is 26.5 Å². The number of nitrogens with zero attached hydrogens (tertiary/aromatic N) is 4. The highest BCUT2D eigenvalue weighted by Gasteiger charge is 2.48. The summed E-state index contributed by atoms with van der Waals surface area (Å²) in [5.41, 5.74) is 0. The van der Waals surface area contributed by atoms with Gasteiger partial charge in [0.15, 0.2) is 0 Å². The summed E-state index contributed by atoms with van der Waals surface area (Å²) in [6.07, 6.45) is 10.3. The molecule has 2 fully saturated rings. The van der Waals surface area contributed by atoms with Crippen molar-refractivity contribution < 1.29 is 4.74 Å². The number of pyridine rings is 1. The van der Waals surface area contributed by atoms with E-state index in [1.165, 1.54) is 12.8 Å². The Balaban J connectivity index is 1.47. The molecule has 1 saturated carbocycles. The molecule has 0 aromatic carbocycles. The van der Waals surface area contributed by atoms with Gasteiger partial charge in [-0.3, -0.25) is 9.88 Å². The molecule has 2 aliphatic rings. The maximum absolute atomic E-state index is 6.21. The van der Waals surface area contributed by atoms with Crippen molar-refractivity contribution in [2.45, 2.75) is 31.5 Å². The number of aromatic nitrogens is 3. The van der Waals surface area contributed by atoms with Crippen molar-refractivity contribution >= 4 is 0 Å². The molecular weight excluding hydrogens is 264 g/mol. The Labute approximate surface area is 124 Å². The molecule has 2 aromatic rings. The van der Waals surface area contributed by atoms with Gasteiger partial charge < -0.3 is 9.30 Å². The fraction of sp³-hybridized carbons (Fsp3) is 0.500. The molecular formula is C16H20N4O. The van der Waals surface area contributed by atoms with E-state index in [0.717, 1.165) is 24.7 Å². The standard InChI is InChI=1S/C16H20N4O/c1-19-8-7-18-15(19)11-20-10-12-4-5-14(20)16(12)21-13-3-2-6-17-9-13/h2-3,6-9,12,14,16H,4-5,10-11H2,1H3. The van der Waals surface area contributed by atoms with Crippen LogP contribution < -0.4 is 4.74 Å². The predicted octanol–water partition coefficient (Wildman–Crippen LogP) is 1.86. The first kappa shape index (κ1) is 12.8. The fourth-order valence-electron chi connectivity index (χ4n) is 3.71. The van der Waals surface area contributed by atoms with Crippen LogP contribution in [0.3, 0.4) is 0 Å². The Bertz CT molecular complexity index is 612. The molecule has 2 bridgehead atoms. The van der Waals surface area contributed by atoms with Gasteiger partial charge in [0.2, 0.25) is 0 Å². The first-order valence-corrected chi connectivity index (χ1v) is 7.58. The highest BCUT2D eigenvalue weighted by atomic mass is 16.5. The average Bonchev–Trinajstić information content (AvgIpc) is 3.17. The third kappa shape index (κ3) is 2.31. The Kier molecular flexibility index (Phi) is 3.15. The van der Waals surface area contributed by atoms with Crippen LogP contribution in [0.5, 0.6) is 5.75 Å². The zero-order valence-corrected chi connectivity index (χ0v) is 12.2. The van der Waals surface area contributed by atoms with Gasteiger partial charge >= 0.3 is 0 Å². The summed E-state index contributed by atoms with van der Waals surface area (Å²) in [4.78, 5) is 11.1. The third-order valence-corrected chi connectivity index (χ3v) is 4.79. The van der Waals surface area contributed by atoms with Crippen LogP contribution in [-0.4, -0.2) is 38.1 Å². The number of imidazole rings is 1. The molecule has 21 heavy (non-hydrogen) atoms. The number of aryl methyl sites for hydroxylation is 1. The molecule has 0 amide bonds. The second-order valence-corrected chi connectivity index (χ2v) is 6.06. The molecule has 5 heteroatoms. The zero-order chi connectivity index (χ0) is 14.2. The monoisotopic (exact) mass is 284 g/mol. The van der Waals surface area contributed by atoms with Gasteiger partial charge in [0.1, 0.15) is 17.7 Å². The third-order valence-electron chi connectivity index (χ3n) is 4.79. The highest BCUT2D eigenvalue weighted by molar-refractivity contribution is 5.18. The van der Waals surface area contributed by atoms with Gasteiger partial charge in [0.05, 0.1) is 12.7 Å². The molecule has 2 aromatic heterocycles. The minimum atomic E-state index is 0.300. The molecule has 1 saturated heterocycles. The van der Waals surface area contributed by atoms with Crippen LogP contribution in [0.1, 0.15) is 18.7 Å². The topological polar surface area (TPSA) is 43.2 Å². The lowest BCUT2D eigenvalue weighted by atomic mass is 10.1. The normalized spacial score (nSPS) is 28.1. The number of rotatable bonds is 4. The molecule has 0 N–H and O–H groups in total. The van der Waals surface area contributed by atoms with Gasteiger partial charge in [0.25, 0.3) is 0 Å². The minimum absolute atomic E-state index is 0.300. The second-order valence-electron chi connectivity index (χ2n) is 6.06. The van der Waals surface area contributed by atoms with Crippen molar-refractivity contribution in [3.63, 3.8) is 0 Å². The van der Waals surface area contributed by atoms with E-state index in [1.54, 1.807) is 12.4 Å². The average molecular weight is 284 g/mol.